The van der Waals surface area contributed by atoms with Crippen LogP contribution in [0.3, 0.4) is 0 Å². The summed E-state index contributed by atoms with van der Waals surface area (Å²) in [5.41, 5.74) is 0. The fourth-order valence-electron chi connectivity index (χ4n) is 1.92. The average molecular weight is 206 g/mol. The molecule has 1 unspecified atom stereocenters. The van der Waals surface area contributed by atoms with Crippen molar-refractivity contribution in [2.45, 2.75) is 25.0 Å². The van der Waals surface area contributed by atoms with Gasteiger partial charge in [0.1, 0.15) is 5.76 Å². The Labute approximate surface area is 88.7 Å². The first-order valence-electron chi connectivity index (χ1n) is 5.16. The number of likely N-dealkylation sites (tertiary alicyclic amines) is 1. The lowest BCUT2D eigenvalue weighted by molar-refractivity contribution is 0.0674. The Morgan fingerprint density at radius 2 is 2.27 bits per heavy atom. The highest BCUT2D eigenvalue weighted by atomic mass is 16.3. The summed E-state index contributed by atoms with van der Waals surface area (Å²) in [6.45, 7) is 1.50. The SMILES string of the molecule is N#CC(c1ccco1)N1CCC(O)CC1. The minimum Gasteiger partial charge on any atom is -0.467 e. The van der Waals surface area contributed by atoms with Crippen molar-refractivity contribution in [3.8, 4) is 6.07 Å². The van der Waals surface area contributed by atoms with E-state index < -0.39 is 0 Å². The number of aliphatic hydroxyl groups excluding tert-OH is 1. The van der Waals surface area contributed by atoms with Gasteiger partial charge < -0.3 is 9.52 Å². The van der Waals surface area contributed by atoms with Crippen molar-refractivity contribution in [2.24, 2.45) is 0 Å². The smallest absolute Gasteiger partial charge is 0.156 e. The highest BCUT2D eigenvalue weighted by Crippen LogP contribution is 2.24. The van der Waals surface area contributed by atoms with Crippen LogP contribution in [0.2, 0.25) is 0 Å². The van der Waals surface area contributed by atoms with E-state index in [1.54, 1.807) is 12.3 Å². The van der Waals surface area contributed by atoms with Crippen LogP contribution in [-0.2, 0) is 0 Å². The second-order valence-electron chi connectivity index (χ2n) is 3.81. The number of nitriles is 1. The number of hydrogen-bond donors (Lipinski definition) is 1. The third kappa shape index (κ3) is 2.20. The van der Waals surface area contributed by atoms with E-state index in [1.165, 1.54) is 0 Å². The van der Waals surface area contributed by atoms with E-state index >= 15 is 0 Å². The first-order chi connectivity index (χ1) is 7.31. The molecule has 1 fully saturated rings. The summed E-state index contributed by atoms with van der Waals surface area (Å²) in [5.74, 6) is 0.689. The number of furan rings is 1. The fourth-order valence-corrected chi connectivity index (χ4v) is 1.92. The molecule has 1 saturated heterocycles. The topological polar surface area (TPSA) is 60.4 Å². The zero-order valence-electron chi connectivity index (χ0n) is 8.47. The van der Waals surface area contributed by atoms with Gasteiger partial charge in [0, 0.05) is 13.1 Å². The molecule has 0 bridgehead atoms. The molecule has 15 heavy (non-hydrogen) atoms. The van der Waals surface area contributed by atoms with E-state index in [0.717, 1.165) is 25.9 Å². The first kappa shape index (κ1) is 10.2. The molecular weight excluding hydrogens is 192 g/mol. The van der Waals surface area contributed by atoms with Crippen LogP contribution in [0.15, 0.2) is 22.8 Å². The van der Waals surface area contributed by atoms with Crippen molar-refractivity contribution in [3.05, 3.63) is 24.2 Å². The molecule has 4 heteroatoms. The van der Waals surface area contributed by atoms with E-state index in [2.05, 4.69) is 6.07 Å². The molecule has 4 nitrogen and oxygen atoms in total. The molecule has 1 aliphatic rings. The van der Waals surface area contributed by atoms with Crippen molar-refractivity contribution < 1.29 is 9.52 Å². The second kappa shape index (κ2) is 4.47. The Bertz CT molecular complexity index is 334. The van der Waals surface area contributed by atoms with Gasteiger partial charge in [-0.3, -0.25) is 4.90 Å². The Balaban J connectivity index is 2.05. The molecule has 1 aromatic heterocycles. The maximum absolute atomic E-state index is 9.38. The van der Waals surface area contributed by atoms with Gasteiger partial charge in [0.25, 0.3) is 0 Å². The van der Waals surface area contributed by atoms with Gasteiger partial charge in [-0.25, -0.2) is 0 Å². The molecule has 0 amide bonds. The largest absolute Gasteiger partial charge is 0.467 e. The molecule has 0 aliphatic carbocycles. The van der Waals surface area contributed by atoms with Crippen molar-refractivity contribution >= 4 is 0 Å². The van der Waals surface area contributed by atoms with Crippen molar-refractivity contribution in [1.82, 2.24) is 4.90 Å². The lowest BCUT2D eigenvalue weighted by Gasteiger charge is -2.31. The van der Waals surface area contributed by atoms with Gasteiger partial charge in [0.15, 0.2) is 6.04 Å². The quantitative estimate of drug-likeness (QED) is 0.792. The van der Waals surface area contributed by atoms with Crippen molar-refractivity contribution in [3.63, 3.8) is 0 Å². The van der Waals surface area contributed by atoms with Crippen LogP contribution in [0.1, 0.15) is 24.6 Å². The predicted octanol–water partition coefficient (Wildman–Crippen LogP) is 1.30. The Morgan fingerprint density at radius 3 is 2.80 bits per heavy atom. The minimum absolute atomic E-state index is 0.211. The van der Waals surface area contributed by atoms with E-state index in [9.17, 15) is 5.11 Å². The van der Waals surface area contributed by atoms with Crippen LogP contribution < -0.4 is 0 Å². The van der Waals surface area contributed by atoms with Gasteiger partial charge in [-0.1, -0.05) is 0 Å². The first-order valence-corrected chi connectivity index (χ1v) is 5.16. The summed E-state index contributed by atoms with van der Waals surface area (Å²) in [6, 6.07) is 5.54. The lowest BCUT2D eigenvalue weighted by Crippen LogP contribution is -2.37. The molecule has 1 aromatic rings. The fraction of sp³-hybridized carbons (Fsp3) is 0.545. The Kier molecular flexibility index (Phi) is 3.05. The number of aliphatic hydroxyl groups is 1. The van der Waals surface area contributed by atoms with E-state index in [4.69, 9.17) is 9.68 Å². The van der Waals surface area contributed by atoms with Gasteiger partial charge in [-0.15, -0.1) is 0 Å². The summed E-state index contributed by atoms with van der Waals surface area (Å²) in [7, 11) is 0. The molecule has 1 atom stereocenters. The Hall–Kier alpha value is -1.31. The van der Waals surface area contributed by atoms with Crippen LogP contribution in [-0.4, -0.2) is 29.2 Å². The Morgan fingerprint density at radius 1 is 1.53 bits per heavy atom. The van der Waals surface area contributed by atoms with Crippen LogP contribution in [0.4, 0.5) is 0 Å². The third-order valence-electron chi connectivity index (χ3n) is 2.80. The molecule has 2 heterocycles. The molecule has 0 saturated carbocycles. The van der Waals surface area contributed by atoms with Crippen molar-refractivity contribution in [2.75, 3.05) is 13.1 Å². The molecule has 1 N–H and O–H groups in total. The molecule has 80 valence electrons. The standard InChI is InChI=1S/C11H14N2O2/c12-8-10(11-2-1-7-15-11)13-5-3-9(14)4-6-13/h1-2,7,9-10,14H,3-6H2. The van der Waals surface area contributed by atoms with Gasteiger partial charge in [-0.05, 0) is 25.0 Å². The monoisotopic (exact) mass is 206 g/mol. The van der Waals surface area contributed by atoms with E-state index in [1.807, 2.05) is 11.0 Å². The van der Waals surface area contributed by atoms with E-state index in [0.29, 0.717) is 5.76 Å². The van der Waals surface area contributed by atoms with E-state index in [-0.39, 0.29) is 12.1 Å². The van der Waals surface area contributed by atoms with Crippen LogP contribution in [0, 0.1) is 11.3 Å². The number of piperidine rings is 1. The molecule has 0 radical (unpaired) electrons. The number of rotatable bonds is 2. The zero-order chi connectivity index (χ0) is 10.7. The van der Waals surface area contributed by atoms with Crippen LogP contribution >= 0.6 is 0 Å². The van der Waals surface area contributed by atoms with Gasteiger partial charge in [0.05, 0.1) is 18.4 Å². The summed E-state index contributed by atoms with van der Waals surface area (Å²) < 4.78 is 5.24. The maximum atomic E-state index is 9.38. The maximum Gasteiger partial charge on any atom is 0.156 e. The van der Waals surface area contributed by atoms with Gasteiger partial charge in [0.2, 0.25) is 0 Å². The number of nitrogens with zero attached hydrogens (tertiary/aromatic N) is 2. The lowest BCUT2D eigenvalue weighted by atomic mass is 10.1. The molecule has 2 rings (SSSR count). The summed E-state index contributed by atoms with van der Waals surface area (Å²) in [5, 5.41) is 18.5. The van der Waals surface area contributed by atoms with Gasteiger partial charge >= 0.3 is 0 Å². The third-order valence-corrected chi connectivity index (χ3v) is 2.80. The predicted molar refractivity (Wildman–Crippen MR) is 53.9 cm³/mol. The van der Waals surface area contributed by atoms with Crippen LogP contribution in [0.5, 0.6) is 0 Å². The summed E-state index contributed by atoms with van der Waals surface area (Å²) >= 11 is 0. The summed E-state index contributed by atoms with van der Waals surface area (Å²) in [6.07, 6.45) is 2.84. The summed E-state index contributed by atoms with van der Waals surface area (Å²) in [4.78, 5) is 2.05. The molecule has 1 aliphatic heterocycles. The minimum atomic E-state index is -0.313. The highest BCUT2D eigenvalue weighted by Gasteiger charge is 2.26. The molecular formula is C11H14N2O2. The normalized spacial score (nSPS) is 21.1. The number of hydrogen-bond acceptors (Lipinski definition) is 4. The highest BCUT2D eigenvalue weighted by molar-refractivity contribution is 5.13. The second-order valence-corrected chi connectivity index (χ2v) is 3.81. The van der Waals surface area contributed by atoms with Gasteiger partial charge in [-0.2, -0.15) is 5.26 Å². The van der Waals surface area contributed by atoms with Crippen molar-refractivity contribution in [1.29, 1.82) is 5.26 Å². The average Bonchev–Trinajstić information content (AvgIpc) is 2.75. The molecule has 0 aromatic carbocycles. The molecule has 0 spiro atoms. The van der Waals surface area contributed by atoms with Crippen LogP contribution in [0.25, 0.3) is 0 Å². The zero-order valence-corrected chi connectivity index (χ0v) is 8.47.